The molecule has 22 heavy (non-hydrogen) atoms. The maximum Gasteiger partial charge on any atom is 0.227 e. The van der Waals surface area contributed by atoms with E-state index >= 15 is 0 Å². The van der Waals surface area contributed by atoms with Gasteiger partial charge in [0.2, 0.25) is 11.6 Å². The molecule has 4 rings (SSSR count). The van der Waals surface area contributed by atoms with E-state index in [-0.39, 0.29) is 17.7 Å². The molecule has 1 aliphatic carbocycles. The molecule has 0 unspecified atom stereocenters. The van der Waals surface area contributed by atoms with E-state index in [9.17, 15) is 9.59 Å². The smallest absolute Gasteiger partial charge is 0.227 e. The van der Waals surface area contributed by atoms with E-state index in [1.54, 1.807) is 0 Å². The minimum Gasteiger partial charge on any atom is -0.365 e. The van der Waals surface area contributed by atoms with Crippen molar-refractivity contribution >= 4 is 11.6 Å². The van der Waals surface area contributed by atoms with Crippen LogP contribution < -0.4 is 11.5 Å². The summed E-state index contributed by atoms with van der Waals surface area (Å²) in [6.45, 7) is 7.36. The van der Waals surface area contributed by atoms with E-state index in [2.05, 4.69) is 0 Å². The molecule has 4 N–H and O–H groups in total. The van der Waals surface area contributed by atoms with Crippen molar-refractivity contribution in [2.24, 2.45) is 11.5 Å². The summed E-state index contributed by atoms with van der Waals surface area (Å²) >= 11 is 0. The average molecular weight is 305 g/mol. The molecule has 0 aromatic rings. The maximum absolute atomic E-state index is 12.4. The van der Waals surface area contributed by atoms with Crippen molar-refractivity contribution in [3.05, 3.63) is 23.2 Å². The Labute approximate surface area is 130 Å². The van der Waals surface area contributed by atoms with Gasteiger partial charge in [0, 0.05) is 45.3 Å². The largest absolute Gasteiger partial charge is 0.365 e. The first kappa shape index (κ1) is 15.1. The molecule has 120 valence electrons. The molecule has 0 saturated carbocycles. The number of nitrogens with two attached hydrogens (primary N) is 2. The fourth-order valence-corrected chi connectivity index (χ4v) is 2.28. The van der Waals surface area contributed by atoms with Crippen LogP contribution in [0.2, 0.25) is 0 Å². The van der Waals surface area contributed by atoms with Crippen molar-refractivity contribution in [1.82, 2.24) is 14.7 Å². The first-order valence-corrected chi connectivity index (χ1v) is 7.84. The number of allylic oxidation sites excluding steroid dienone is 1. The van der Waals surface area contributed by atoms with Crippen LogP contribution in [0.1, 0.15) is 13.3 Å². The predicted molar refractivity (Wildman–Crippen MR) is 82.3 cm³/mol. The van der Waals surface area contributed by atoms with Crippen molar-refractivity contribution in [2.75, 3.05) is 39.3 Å². The highest BCUT2D eigenvalue weighted by Crippen LogP contribution is 2.33. The third kappa shape index (κ3) is 3.15. The number of carbonyl (C=O) groups excluding carboxylic acids is 2. The van der Waals surface area contributed by atoms with E-state index in [0.29, 0.717) is 17.1 Å². The van der Waals surface area contributed by atoms with Gasteiger partial charge in [-0.2, -0.15) is 0 Å². The molecule has 0 atom stereocenters. The predicted octanol–water partition coefficient (Wildman–Crippen LogP) is -1.18. The van der Waals surface area contributed by atoms with Crippen LogP contribution in [-0.2, 0) is 9.59 Å². The number of carbonyl (C=O) groups is 2. The molecule has 0 amide bonds. The molecule has 4 aliphatic rings. The molecular formula is C15H23N5O2. The summed E-state index contributed by atoms with van der Waals surface area (Å²) in [4.78, 5) is 30.5. The molecule has 0 aromatic heterocycles. The summed E-state index contributed by atoms with van der Waals surface area (Å²) in [7, 11) is 0. The van der Waals surface area contributed by atoms with Gasteiger partial charge in [-0.3, -0.25) is 9.59 Å². The van der Waals surface area contributed by atoms with Gasteiger partial charge in [0.25, 0.3) is 0 Å². The van der Waals surface area contributed by atoms with Crippen molar-refractivity contribution in [3.8, 4) is 0 Å². The van der Waals surface area contributed by atoms with E-state index in [1.165, 1.54) is 6.08 Å². The van der Waals surface area contributed by atoms with Crippen molar-refractivity contribution in [1.29, 1.82) is 0 Å². The molecule has 3 aliphatic heterocycles. The lowest BCUT2D eigenvalue weighted by Crippen LogP contribution is -2.29. The third-order valence-corrected chi connectivity index (χ3v) is 3.96. The molecule has 3 fully saturated rings. The second-order valence-electron chi connectivity index (χ2n) is 5.95. The quantitative estimate of drug-likeness (QED) is 0.383. The molecule has 0 bridgehead atoms. The Bertz CT molecular complexity index is 554. The number of rotatable bonds is 4. The fourth-order valence-electron chi connectivity index (χ4n) is 2.28. The van der Waals surface area contributed by atoms with Crippen molar-refractivity contribution in [2.45, 2.75) is 19.5 Å². The Balaban J connectivity index is 0.000000254. The van der Waals surface area contributed by atoms with Gasteiger partial charge in [0.05, 0.1) is 11.9 Å². The number of Topliss-reactive ketones (excluding diaryl/α,β-unsaturated/α-hetero) is 1. The van der Waals surface area contributed by atoms with Gasteiger partial charge < -0.3 is 26.2 Å². The van der Waals surface area contributed by atoms with Gasteiger partial charge in [-0.05, 0) is 6.42 Å². The normalized spacial score (nSPS) is 22.7. The van der Waals surface area contributed by atoms with Crippen LogP contribution in [0.3, 0.4) is 0 Å². The minimum absolute atomic E-state index is 0.00546. The van der Waals surface area contributed by atoms with Gasteiger partial charge in [-0.25, -0.2) is 0 Å². The van der Waals surface area contributed by atoms with Gasteiger partial charge in [0.1, 0.15) is 11.4 Å². The van der Waals surface area contributed by atoms with E-state index in [1.807, 2.05) is 21.6 Å². The summed E-state index contributed by atoms with van der Waals surface area (Å²) < 4.78 is 0. The third-order valence-electron chi connectivity index (χ3n) is 3.96. The zero-order valence-corrected chi connectivity index (χ0v) is 12.9. The molecule has 0 spiro atoms. The molecule has 3 heterocycles. The Morgan fingerprint density at radius 1 is 0.955 bits per heavy atom. The second-order valence-corrected chi connectivity index (χ2v) is 5.95. The average Bonchev–Trinajstić information content (AvgIpc) is 3.34. The van der Waals surface area contributed by atoms with Gasteiger partial charge >= 0.3 is 0 Å². The van der Waals surface area contributed by atoms with Crippen LogP contribution in [0.4, 0.5) is 0 Å². The van der Waals surface area contributed by atoms with Crippen LogP contribution in [0.25, 0.3) is 0 Å². The Kier molecular flexibility index (Phi) is 3.92. The van der Waals surface area contributed by atoms with Crippen LogP contribution >= 0.6 is 0 Å². The fraction of sp³-hybridized carbons (Fsp3) is 0.600. The number of hydrogen-bond donors (Lipinski definition) is 2. The molecule has 3 saturated heterocycles. The van der Waals surface area contributed by atoms with Gasteiger partial charge in [-0.1, -0.05) is 6.92 Å². The summed E-state index contributed by atoms with van der Waals surface area (Å²) in [5.41, 5.74) is 12.0. The van der Waals surface area contributed by atoms with Crippen LogP contribution in [0, 0.1) is 0 Å². The highest BCUT2D eigenvalue weighted by atomic mass is 16.1. The monoisotopic (exact) mass is 305 g/mol. The van der Waals surface area contributed by atoms with Crippen molar-refractivity contribution < 1.29 is 9.59 Å². The second kappa shape index (κ2) is 5.73. The maximum atomic E-state index is 12.4. The molecule has 7 heteroatoms. The summed E-state index contributed by atoms with van der Waals surface area (Å²) in [6.07, 6.45) is 2.27. The molecule has 0 aromatic carbocycles. The molecule has 0 radical (unpaired) electrons. The number of hydrogen-bond acceptors (Lipinski definition) is 7. The summed E-state index contributed by atoms with van der Waals surface area (Å²) in [5.74, 6) is 0.0485. The lowest BCUT2D eigenvalue weighted by Gasteiger charge is -2.21. The zero-order chi connectivity index (χ0) is 15.9. The van der Waals surface area contributed by atoms with Crippen molar-refractivity contribution in [3.63, 3.8) is 0 Å². The number of ketones is 2. The highest BCUT2D eigenvalue weighted by Gasteiger charge is 2.43. The Morgan fingerprint density at radius 2 is 1.41 bits per heavy atom. The van der Waals surface area contributed by atoms with E-state index < -0.39 is 0 Å². The lowest BCUT2D eigenvalue weighted by molar-refractivity contribution is -0.117. The van der Waals surface area contributed by atoms with E-state index in [0.717, 1.165) is 45.7 Å². The highest BCUT2D eigenvalue weighted by molar-refractivity contribution is 6.22. The SMILES string of the molecule is CCC(N)N.O=C1C=C(N2CC2)C(=O)C(N2CC2)=C1N1CC1. The van der Waals surface area contributed by atoms with Gasteiger partial charge in [-0.15, -0.1) is 0 Å². The molecule has 7 nitrogen and oxygen atoms in total. The van der Waals surface area contributed by atoms with Crippen LogP contribution in [-0.4, -0.2) is 71.7 Å². The van der Waals surface area contributed by atoms with Gasteiger partial charge in [0.15, 0.2) is 0 Å². The van der Waals surface area contributed by atoms with E-state index in [4.69, 9.17) is 11.5 Å². The Hall–Kier alpha value is -1.86. The minimum atomic E-state index is -0.116. The summed E-state index contributed by atoms with van der Waals surface area (Å²) in [5, 5.41) is 0. The lowest BCUT2D eigenvalue weighted by atomic mass is 10.0. The standard InChI is InChI=1S/C12H13N3O2.C3H10N2/c16-9-7-8(13-1-2-13)12(17)11(15-5-6-15)10(9)14-3-4-14;1-2-3(4)5/h7H,1-6H2;3H,2,4-5H2,1H3. The number of nitrogens with zero attached hydrogens (tertiary/aromatic N) is 3. The Morgan fingerprint density at radius 3 is 1.82 bits per heavy atom. The zero-order valence-electron chi connectivity index (χ0n) is 12.9. The first-order chi connectivity index (χ1) is 10.5. The topological polar surface area (TPSA) is 95.2 Å². The molecular weight excluding hydrogens is 282 g/mol. The first-order valence-electron chi connectivity index (χ1n) is 7.84. The summed E-state index contributed by atoms with van der Waals surface area (Å²) in [6, 6.07) is 0. The van der Waals surface area contributed by atoms with Crippen LogP contribution in [0.5, 0.6) is 0 Å². The van der Waals surface area contributed by atoms with Crippen LogP contribution in [0.15, 0.2) is 23.2 Å².